The number of carbonyl (C=O) groups excluding carboxylic acids is 2. The van der Waals surface area contributed by atoms with Crippen molar-refractivity contribution in [2.45, 2.75) is 35.1 Å². The molecule has 0 aromatic heterocycles. The zero-order valence-electron chi connectivity index (χ0n) is 9.13. The number of carbonyl (C=O) groups is 2. The molecule has 0 saturated heterocycles. The molecular weight excluding hydrogens is 188 g/mol. The van der Waals surface area contributed by atoms with Gasteiger partial charge in [-0.25, -0.2) is 0 Å². The molecular formula is C13H20O2. The lowest BCUT2D eigenvalue weighted by Crippen LogP contribution is -2.10. The molecule has 84 valence electrons. The summed E-state index contributed by atoms with van der Waals surface area (Å²) in [6, 6.07) is 7.07. The van der Waals surface area contributed by atoms with Crippen LogP contribution in [0.4, 0.5) is 0 Å². The van der Waals surface area contributed by atoms with Crippen LogP contribution in [0.2, 0.25) is 0 Å². The van der Waals surface area contributed by atoms with E-state index >= 15 is 0 Å². The second kappa shape index (κ2) is 7.92. The highest BCUT2D eigenvalue weighted by Gasteiger charge is 2.12. The van der Waals surface area contributed by atoms with Gasteiger partial charge in [-0.15, -0.1) is 0 Å². The minimum Gasteiger partial charge on any atom is -0.291 e. The number of rotatable bonds is 2. The number of benzene rings is 1. The second-order valence-electron chi connectivity index (χ2n) is 2.70. The van der Waals surface area contributed by atoms with Crippen molar-refractivity contribution in [2.24, 2.45) is 0 Å². The molecule has 1 aromatic rings. The molecule has 1 aromatic carbocycles. The van der Waals surface area contributed by atoms with E-state index in [0.717, 1.165) is 5.56 Å². The predicted molar refractivity (Wildman–Crippen MR) is 64.3 cm³/mol. The van der Waals surface area contributed by atoms with E-state index in [1.165, 1.54) is 6.92 Å². The van der Waals surface area contributed by atoms with Crippen LogP contribution in [0.5, 0.6) is 0 Å². The zero-order valence-corrected chi connectivity index (χ0v) is 9.13. The van der Waals surface area contributed by atoms with Crippen molar-refractivity contribution in [3.05, 3.63) is 35.4 Å². The van der Waals surface area contributed by atoms with Gasteiger partial charge in [-0.05, 0) is 12.5 Å². The summed E-state index contributed by atoms with van der Waals surface area (Å²) in [5.41, 5.74) is 1.35. The van der Waals surface area contributed by atoms with E-state index in [2.05, 4.69) is 0 Å². The summed E-state index contributed by atoms with van der Waals surface area (Å²) in [6.45, 7) is 7.10. The summed E-state index contributed by atoms with van der Waals surface area (Å²) in [6.07, 6.45) is 0. The minimum absolute atomic E-state index is 0. The zero-order chi connectivity index (χ0) is 11.1. The lowest BCUT2D eigenvalue weighted by Gasteiger charge is -1.99. The molecule has 0 atom stereocenters. The van der Waals surface area contributed by atoms with Crippen LogP contribution in [-0.2, 0) is 4.79 Å². The molecule has 0 aliphatic heterocycles. The van der Waals surface area contributed by atoms with Crippen LogP contribution in [0, 0.1) is 6.92 Å². The maximum atomic E-state index is 11.2. The third-order valence-electron chi connectivity index (χ3n) is 1.71. The van der Waals surface area contributed by atoms with Crippen molar-refractivity contribution in [2.75, 3.05) is 0 Å². The molecule has 0 spiro atoms. The van der Waals surface area contributed by atoms with Crippen LogP contribution < -0.4 is 0 Å². The third-order valence-corrected chi connectivity index (χ3v) is 1.71. The molecule has 0 radical (unpaired) electrons. The first-order valence-corrected chi connectivity index (χ1v) is 4.74. The van der Waals surface area contributed by atoms with Gasteiger partial charge in [-0.2, -0.15) is 0 Å². The molecule has 0 unspecified atom stereocenters. The molecule has 0 N–H and O–H groups in total. The Kier molecular flexibility index (Phi) is 8.45. The molecule has 0 heterocycles. The SMILES string of the molecule is C.CC.CC(=O)C(=O)c1ccccc1C. The van der Waals surface area contributed by atoms with Crippen molar-refractivity contribution in [3.8, 4) is 0 Å². The highest BCUT2D eigenvalue weighted by atomic mass is 16.2. The molecule has 2 nitrogen and oxygen atoms in total. The van der Waals surface area contributed by atoms with E-state index in [1.54, 1.807) is 12.1 Å². The van der Waals surface area contributed by atoms with Crippen molar-refractivity contribution < 1.29 is 9.59 Å². The quantitative estimate of drug-likeness (QED) is 0.551. The number of ketones is 2. The maximum Gasteiger partial charge on any atom is 0.228 e. The number of hydrogen-bond acceptors (Lipinski definition) is 2. The van der Waals surface area contributed by atoms with Crippen molar-refractivity contribution >= 4 is 11.6 Å². The fourth-order valence-corrected chi connectivity index (χ4v) is 1.02. The first-order chi connectivity index (χ1) is 6.63. The van der Waals surface area contributed by atoms with Gasteiger partial charge in [0.15, 0.2) is 5.78 Å². The molecule has 0 bridgehead atoms. The fraction of sp³-hybridized carbons (Fsp3) is 0.385. The van der Waals surface area contributed by atoms with Crippen molar-refractivity contribution in [1.29, 1.82) is 0 Å². The van der Waals surface area contributed by atoms with Crippen molar-refractivity contribution in [3.63, 3.8) is 0 Å². The van der Waals surface area contributed by atoms with Crippen LogP contribution in [0.15, 0.2) is 24.3 Å². The Morgan fingerprint density at radius 2 is 1.53 bits per heavy atom. The average molecular weight is 208 g/mol. The normalized spacial score (nSPS) is 8.00. The van der Waals surface area contributed by atoms with Crippen LogP contribution in [-0.4, -0.2) is 11.6 Å². The molecule has 0 fully saturated rings. The summed E-state index contributed by atoms with van der Waals surface area (Å²) in [7, 11) is 0. The van der Waals surface area contributed by atoms with Crippen LogP contribution in [0.1, 0.15) is 44.1 Å². The van der Waals surface area contributed by atoms with Gasteiger partial charge in [0.05, 0.1) is 0 Å². The Labute approximate surface area is 92.3 Å². The monoisotopic (exact) mass is 208 g/mol. The lowest BCUT2D eigenvalue weighted by atomic mass is 10.0. The van der Waals surface area contributed by atoms with E-state index in [9.17, 15) is 9.59 Å². The van der Waals surface area contributed by atoms with Gasteiger partial charge in [0.25, 0.3) is 0 Å². The van der Waals surface area contributed by atoms with E-state index in [0.29, 0.717) is 5.56 Å². The standard InChI is InChI=1S/C10H10O2.C2H6.CH4/c1-7-5-3-4-6-9(7)10(12)8(2)11;1-2;/h3-6H,1-2H3;1-2H3;1H4. The summed E-state index contributed by atoms with van der Waals surface area (Å²) < 4.78 is 0. The summed E-state index contributed by atoms with van der Waals surface area (Å²) in [5, 5.41) is 0. The molecule has 0 amide bonds. The minimum atomic E-state index is -0.413. The van der Waals surface area contributed by atoms with Crippen LogP contribution in [0.3, 0.4) is 0 Å². The maximum absolute atomic E-state index is 11.2. The van der Waals surface area contributed by atoms with Gasteiger partial charge in [0.2, 0.25) is 5.78 Å². The Bertz CT molecular complexity index is 327. The van der Waals surface area contributed by atoms with Gasteiger partial charge in [-0.1, -0.05) is 45.5 Å². The second-order valence-corrected chi connectivity index (χ2v) is 2.70. The lowest BCUT2D eigenvalue weighted by molar-refractivity contribution is -0.113. The molecule has 0 saturated carbocycles. The van der Waals surface area contributed by atoms with Gasteiger partial charge in [0, 0.05) is 12.5 Å². The van der Waals surface area contributed by atoms with Gasteiger partial charge in [0.1, 0.15) is 0 Å². The summed E-state index contributed by atoms with van der Waals surface area (Å²) in [4.78, 5) is 22.0. The predicted octanol–water partition coefficient (Wildman–Crippen LogP) is 3.43. The largest absolute Gasteiger partial charge is 0.291 e. The first-order valence-electron chi connectivity index (χ1n) is 4.74. The van der Waals surface area contributed by atoms with Gasteiger partial charge < -0.3 is 0 Å². The topological polar surface area (TPSA) is 34.1 Å². The van der Waals surface area contributed by atoms with Crippen LogP contribution >= 0.6 is 0 Å². The number of hydrogen-bond donors (Lipinski definition) is 0. The molecule has 0 aliphatic carbocycles. The Morgan fingerprint density at radius 1 is 1.07 bits per heavy atom. The Morgan fingerprint density at radius 3 is 1.93 bits per heavy atom. The first kappa shape index (κ1) is 16.0. The summed E-state index contributed by atoms with van der Waals surface area (Å²) >= 11 is 0. The van der Waals surface area contributed by atoms with E-state index in [4.69, 9.17) is 0 Å². The van der Waals surface area contributed by atoms with E-state index in [1.807, 2.05) is 32.9 Å². The highest BCUT2D eigenvalue weighted by Crippen LogP contribution is 2.07. The molecule has 0 aliphatic rings. The number of Topliss-reactive ketones (excluding diaryl/α,β-unsaturated/α-hetero) is 2. The Hall–Kier alpha value is -1.44. The fourth-order valence-electron chi connectivity index (χ4n) is 1.02. The average Bonchev–Trinajstić information content (AvgIpc) is 2.20. The van der Waals surface area contributed by atoms with Crippen molar-refractivity contribution in [1.82, 2.24) is 0 Å². The molecule has 2 heteroatoms. The molecule has 15 heavy (non-hydrogen) atoms. The van der Waals surface area contributed by atoms with Crippen LogP contribution in [0.25, 0.3) is 0 Å². The highest BCUT2D eigenvalue weighted by molar-refractivity contribution is 6.43. The van der Waals surface area contributed by atoms with Gasteiger partial charge in [-0.3, -0.25) is 9.59 Å². The third kappa shape index (κ3) is 4.54. The smallest absolute Gasteiger partial charge is 0.228 e. The molecule has 1 rings (SSSR count). The Balaban J connectivity index is 0. The van der Waals surface area contributed by atoms with E-state index in [-0.39, 0.29) is 7.43 Å². The van der Waals surface area contributed by atoms with E-state index < -0.39 is 11.6 Å². The van der Waals surface area contributed by atoms with Gasteiger partial charge >= 0.3 is 0 Å². The number of aryl methyl sites for hydroxylation is 1. The summed E-state index contributed by atoms with van der Waals surface area (Å²) in [5.74, 6) is -0.822.